The summed E-state index contributed by atoms with van der Waals surface area (Å²) in [6.45, 7) is 49.3. The van der Waals surface area contributed by atoms with Crippen LogP contribution >= 0.6 is 0 Å². The van der Waals surface area contributed by atoms with Crippen molar-refractivity contribution >= 4 is 47.1 Å². The van der Waals surface area contributed by atoms with Gasteiger partial charge in [0.2, 0.25) is 0 Å². The van der Waals surface area contributed by atoms with Crippen molar-refractivity contribution in [3.8, 4) is 0 Å². The Hall–Kier alpha value is -0.132. The predicted molar refractivity (Wildman–Crippen MR) is 242 cm³/mol. The van der Waals surface area contributed by atoms with Crippen molar-refractivity contribution in [3.05, 3.63) is 54.0 Å². The minimum Gasteiger partial charge on any atom is -0.410 e. The number of hydrogen-bond acceptors (Lipinski definition) is 6. The number of aromatic nitrogens is 4. The second kappa shape index (κ2) is 57.2. The smallest absolute Gasteiger partial charge is 0.104 e. The van der Waals surface area contributed by atoms with Gasteiger partial charge in [-0.3, -0.25) is 5.56 Å². The Morgan fingerprint density at radius 3 is 1.30 bits per heavy atom. The molecule has 6 radical (unpaired) electrons. The van der Waals surface area contributed by atoms with Crippen molar-refractivity contribution in [3.63, 3.8) is 0 Å². The molecule has 2 fully saturated rings. The van der Waals surface area contributed by atoms with Gasteiger partial charge in [0.25, 0.3) is 0 Å². The Bertz CT molecular complexity index is 1010. The molecule has 0 aromatic carbocycles. The van der Waals surface area contributed by atoms with Crippen LogP contribution < -0.4 is 4.90 Å². The molecule has 0 unspecified atom stereocenters. The quantitative estimate of drug-likeness (QED) is 0.185. The number of rotatable bonds is 9. The van der Waals surface area contributed by atoms with E-state index in [9.17, 15) is 0 Å². The maximum Gasteiger partial charge on any atom is 0.104 e. The molecule has 0 N–H and O–H groups in total. The summed E-state index contributed by atoms with van der Waals surface area (Å²) >= 11 is 0. The monoisotopic (exact) mass is 890 g/mol. The first-order valence-corrected chi connectivity index (χ1v) is 20.6. The Balaban J connectivity index is -0.000000106. The molecule has 54 heavy (non-hydrogen) atoms. The number of anilines is 1. The van der Waals surface area contributed by atoms with E-state index in [1.54, 1.807) is 6.08 Å². The van der Waals surface area contributed by atoms with Crippen molar-refractivity contribution in [2.45, 2.75) is 168 Å². The van der Waals surface area contributed by atoms with Crippen molar-refractivity contribution in [1.82, 2.24) is 24.8 Å². The van der Waals surface area contributed by atoms with Crippen LogP contribution in [0.5, 0.6) is 0 Å². The van der Waals surface area contributed by atoms with Gasteiger partial charge in [-0.1, -0.05) is 136 Å². The van der Waals surface area contributed by atoms with E-state index < -0.39 is 0 Å². The molecular weight excluding hydrogens is 810 g/mol. The van der Waals surface area contributed by atoms with Gasteiger partial charge in [-0.15, -0.1) is 18.1 Å². The van der Waals surface area contributed by atoms with Gasteiger partial charge in [-0.25, -0.2) is 5.56 Å². The fraction of sp³-hybridized carbons (Fsp3) is 0.714. The van der Waals surface area contributed by atoms with Gasteiger partial charge >= 0.3 is 0 Å². The molecule has 2 aromatic rings. The standard InChI is InChI=1S/C13H17BN3.C10H12BN2.C7H15N.2C2H6B.4C2H6.2Y/c1-3-11-10-15-12(9-14-2)16-13(11)17-7-5-4-6-8-17;1-4-8-7-12-10(6-11-3)13-9(8)5-2;1-2-8-6-4-3-5-7-8;2*1-3-2;4*1-2;;/h1,3H,4-9H2,2H3;1,4H,5-6H2,2-3H3;2-7H2,1H3;2*1-2H3;4*1-2H3;;/q2*-2;;;;;;;;;. The van der Waals surface area contributed by atoms with Crippen molar-refractivity contribution in [1.29, 1.82) is 0 Å². The first kappa shape index (κ1) is 68.5. The van der Waals surface area contributed by atoms with E-state index >= 15 is 0 Å². The average Bonchev–Trinajstić information content (AvgIpc) is 3.23. The molecule has 0 atom stereocenters. The van der Waals surface area contributed by atoms with Crippen LogP contribution in [0.3, 0.4) is 0 Å². The predicted octanol–water partition coefficient (Wildman–Crippen LogP) is 10.7. The summed E-state index contributed by atoms with van der Waals surface area (Å²) in [5.41, 5.74) is 2.59. The van der Waals surface area contributed by atoms with Crippen LogP contribution in [0.2, 0.25) is 40.9 Å². The maximum absolute atomic E-state index is 5.61. The van der Waals surface area contributed by atoms with Gasteiger partial charge in [-0.05, 0) is 57.6 Å². The Labute approximate surface area is 393 Å². The minimum absolute atomic E-state index is 0. The summed E-state index contributed by atoms with van der Waals surface area (Å²) in [4.78, 5) is 22.0. The Morgan fingerprint density at radius 2 is 0.963 bits per heavy atom. The molecule has 0 spiro atoms. The molecule has 0 amide bonds. The molecule has 2 aliphatic heterocycles. The van der Waals surface area contributed by atoms with Crippen LogP contribution in [-0.4, -0.2) is 86.7 Å². The molecule has 12 heteroatoms. The number of aryl methyl sites for hydroxylation is 1. The minimum atomic E-state index is 0. The fourth-order valence-electron chi connectivity index (χ4n) is 4.50. The summed E-state index contributed by atoms with van der Waals surface area (Å²) in [5, 5.41) is 0. The van der Waals surface area contributed by atoms with E-state index in [1.807, 2.05) is 125 Å². The molecule has 0 saturated carbocycles. The van der Waals surface area contributed by atoms with Crippen molar-refractivity contribution in [2.75, 3.05) is 37.6 Å². The van der Waals surface area contributed by atoms with E-state index in [4.69, 9.17) is 13.2 Å². The molecule has 300 valence electrons. The van der Waals surface area contributed by atoms with E-state index in [-0.39, 0.29) is 65.4 Å². The average molecular weight is 890 g/mol. The van der Waals surface area contributed by atoms with Gasteiger partial charge in [0.1, 0.15) is 29.1 Å². The molecule has 2 aliphatic rings. The van der Waals surface area contributed by atoms with Crippen LogP contribution in [0.25, 0.3) is 12.2 Å². The number of likely N-dealkylation sites (tertiary alicyclic amines) is 1. The summed E-state index contributed by atoms with van der Waals surface area (Å²) in [5.74, 6) is 2.57. The number of nitrogens with zero attached hydrogens (tertiary/aromatic N) is 6. The van der Waals surface area contributed by atoms with Crippen LogP contribution in [0.15, 0.2) is 0 Å². The van der Waals surface area contributed by atoms with Gasteiger partial charge in [0.05, 0.1) is 0 Å². The van der Waals surface area contributed by atoms with Gasteiger partial charge in [-0.2, -0.15) is 0 Å². The van der Waals surface area contributed by atoms with Crippen LogP contribution in [0.1, 0.15) is 136 Å². The van der Waals surface area contributed by atoms with Crippen molar-refractivity contribution in [2.24, 2.45) is 0 Å². The molecule has 6 nitrogen and oxygen atoms in total. The third kappa shape index (κ3) is 37.4. The second-order valence-electron chi connectivity index (χ2n) is 10.7. The first-order chi connectivity index (χ1) is 25.4. The molecule has 0 bridgehead atoms. The molecule has 2 aromatic heterocycles. The van der Waals surface area contributed by atoms with E-state index in [1.165, 1.54) is 64.2 Å². The van der Waals surface area contributed by atoms with Crippen molar-refractivity contribution < 1.29 is 65.4 Å². The Morgan fingerprint density at radius 1 is 0.593 bits per heavy atom. The molecular formula is C42H80B4N6Y2-4. The third-order valence-electron chi connectivity index (χ3n) is 6.65. The zero-order valence-corrected chi connectivity index (χ0v) is 44.0. The van der Waals surface area contributed by atoms with Gasteiger partial charge in [0.15, 0.2) is 0 Å². The second-order valence-corrected chi connectivity index (χ2v) is 10.7. The molecule has 4 rings (SSSR count). The van der Waals surface area contributed by atoms with Crippen LogP contribution in [0, 0.1) is 25.6 Å². The van der Waals surface area contributed by atoms with Crippen LogP contribution in [-0.2, 0) is 84.5 Å². The normalized spacial score (nSPS) is 11.7. The van der Waals surface area contributed by atoms with E-state index in [0.29, 0.717) is 0 Å². The summed E-state index contributed by atoms with van der Waals surface area (Å²) in [6.07, 6.45) is 19.4. The van der Waals surface area contributed by atoms with E-state index in [0.717, 1.165) is 66.4 Å². The topological polar surface area (TPSA) is 58.0 Å². The Kier molecular flexibility index (Phi) is 72.6. The largest absolute Gasteiger partial charge is 0.410 e. The third-order valence-corrected chi connectivity index (χ3v) is 6.65. The maximum atomic E-state index is 5.61. The van der Waals surface area contributed by atoms with Gasteiger partial charge < -0.3 is 55.0 Å². The fourth-order valence-corrected chi connectivity index (χ4v) is 4.50. The molecule has 2 saturated heterocycles. The number of piperidine rings is 2. The summed E-state index contributed by atoms with van der Waals surface area (Å²) in [7, 11) is 8.07. The zero-order chi connectivity index (χ0) is 41.0. The van der Waals surface area contributed by atoms with E-state index in [2.05, 4.69) is 56.3 Å². The first-order valence-electron chi connectivity index (χ1n) is 20.6. The SMILES string of the molecule is CC.CC.CC.CC.CCN1CCCCC1.C[B]C.C[B]C.[CH-]=Cc1[c-]nc(C[B]C)nc1CC.[CH-]=Cc1[c-]nc(C[B]C)nc1N1CCCCC1.[Y].[Y]. The van der Waals surface area contributed by atoms with Gasteiger partial charge in [0, 0.05) is 90.2 Å². The van der Waals surface area contributed by atoms with Crippen LogP contribution in [0.4, 0.5) is 5.82 Å². The molecule has 0 aliphatic carbocycles. The summed E-state index contributed by atoms with van der Waals surface area (Å²) in [6, 6.07) is 0. The summed E-state index contributed by atoms with van der Waals surface area (Å²) < 4.78 is 0. The molecule has 4 heterocycles. The number of hydrogen-bond donors (Lipinski definition) is 0. The zero-order valence-electron chi connectivity index (χ0n) is 38.4.